The third-order valence-electron chi connectivity index (χ3n) is 2.50. The first-order valence-electron chi connectivity index (χ1n) is 4.95. The topological polar surface area (TPSA) is 48.1 Å². The Morgan fingerprint density at radius 2 is 1.93 bits per heavy atom. The van der Waals surface area contributed by atoms with Gasteiger partial charge in [-0.25, -0.2) is 8.78 Å². The summed E-state index contributed by atoms with van der Waals surface area (Å²) in [6.45, 7) is 0. The molecule has 1 aromatic rings. The van der Waals surface area contributed by atoms with Crippen molar-refractivity contribution < 1.29 is 13.5 Å². The minimum absolute atomic E-state index is 0.0168. The van der Waals surface area contributed by atoms with Crippen LogP contribution in [0.15, 0.2) is 6.07 Å². The molecule has 0 spiro atoms. The molecule has 0 atom stereocenters. The average molecular weight is 214 g/mol. The molecule has 1 fully saturated rings. The van der Waals surface area contributed by atoms with Crippen LogP contribution in [0.25, 0.3) is 0 Å². The minimum atomic E-state index is -0.855. The zero-order valence-corrected chi connectivity index (χ0v) is 8.17. The zero-order valence-electron chi connectivity index (χ0n) is 8.17. The van der Waals surface area contributed by atoms with Crippen LogP contribution in [-0.2, 0) is 0 Å². The predicted octanol–water partition coefficient (Wildman–Crippen LogP) is 2.26. The van der Waals surface area contributed by atoms with Crippen LogP contribution in [0.3, 0.4) is 0 Å². The highest BCUT2D eigenvalue weighted by molar-refractivity contribution is 5.34. The highest BCUT2D eigenvalue weighted by atomic mass is 19.1. The van der Waals surface area contributed by atoms with E-state index in [1.165, 1.54) is 0 Å². The number of nitrogen functional groups attached to an aromatic ring is 1. The van der Waals surface area contributed by atoms with Gasteiger partial charge in [0.25, 0.3) is 5.88 Å². The number of halogens is 2. The fourth-order valence-electron chi connectivity index (χ4n) is 1.71. The van der Waals surface area contributed by atoms with Crippen molar-refractivity contribution in [3.63, 3.8) is 0 Å². The van der Waals surface area contributed by atoms with Gasteiger partial charge in [-0.3, -0.25) is 0 Å². The Bertz CT molecular complexity index is 365. The highest BCUT2D eigenvalue weighted by Crippen LogP contribution is 2.26. The molecule has 1 aliphatic rings. The number of hydrogen-bond donors (Lipinski definition) is 1. The summed E-state index contributed by atoms with van der Waals surface area (Å²) in [5, 5.41) is 0. The second-order valence-corrected chi connectivity index (χ2v) is 3.67. The third-order valence-corrected chi connectivity index (χ3v) is 2.50. The first kappa shape index (κ1) is 10.1. The van der Waals surface area contributed by atoms with Crippen molar-refractivity contribution in [2.24, 2.45) is 0 Å². The number of aromatic nitrogens is 1. The van der Waals surface area contributed by atoms with Gasteiger partial charge >= 0.3 is 0 Å². The Kier molecular flexibility index (Phi) is 2.70. The monoisotopic (exact) mass is 214 g/mol. The number of pyridine rings is 1. The van der Waals surface area contributed by atoms with E-state index >= 15 is 0 Å². The molecule has 5 heteroatoms. The lowest BCUT2D eigenvalue weighted by atomic mass is 10.3. The second-order valence-electron chi connectivity index (χ2n) is 3.67. The Labute approximate surface area is 86.3 Å². The van der Waals surface area contributed by atoms with Crippen molar-refractivity contribution in [2.45, 2.75) is 31.8 Å². The van der Waals surface area contributed by atoms with Crippen LogP contribution < -0.4 is 10.5 Å². The lowest BCUT2D eigenvalue weighted by Gasteiger charge is -2.12. The molecule has 0 saturated heterocycles. The van der Waals surface area contributed by atoms with Crippen molar-refractivity contribution >= 4 is 5.82 Å². The molecule has 15 heavy (non-hydrogen) atoms. The molecule has 0 bridgehead atoms. The summed E-state index contributed by atoms with van der Waals surface area (Å²) in [7, 11) is 0. The van der Waals surface area contributed by atoms with Crippen LogP contribution in [0, 0.1) is 11.6 Å². The Hall–Kier alpha value is -1.39. The average Bonchev–Trinajstić information content (AvgIpc) is 2.67. The molecule has 3 nitrogen and oxygen atoms in total. The molecule has 0 amide bonds. The SMILES string of the molecule is Nc1nc(OC2CCCC2)c(F)cc1F. The van der Waals surface area contributed by atoms with E-state index in [-0.39, 0.29) is 17.8 Å². The minimum Gasteiger partial charge on any atom is -0.472 e. The van der Waals surface area contributed by atoms with Crippen LogP contribution in [0.1, 0.15) is 25.7 Å². The molecule has 0 unspecified atom stereocenters. The molecule has 0 aliphatic heterocycles. The van der Waals surface area contributed by atoms with Crippen molar-refractivity contribution in [3.05, 3.63) is 17.7 Å². The maximum Gasteiger partial charge on any atom is 0.252 e. The molecule has 1 aliphatic carbocycles. The number of nitrogens with zero attached hydrogens (tertiary/aromatic N) is 1. The van der Waals surface area contributed by atoms with Crippen molar-refractivity contribution in [1.29, 1.82) is 0 Å². The van der Waals surface area contributed by atoms with Gasteiger partial charge in [-0.15, -0.1) is 0 Å². The summed E-state index contributed by atoms with van der Waals surface area (Å²) in [6, 6.07) is 0.701. The molecule has 1 saturated carbocycles. The summed E-state index contributed by atoms with van der Waals surface area (Å²) in [6.07, 6.45) is 3.90. The largest absolute Gasteiger partial charge is 0.472 e. The number of rotatable bonds is 2. The van der Waals surface area contributed by atoms with Crippen LogP contribution in [0.4, 0.5) is 14.6 Å². The highest BCUT2D eigenvalue weighted by Gasteiger charge is 2.20. The molecule has 0 aromatic carbocycles. The standard InChI is InChI=1S/C10H12F2N2O/c11-7-5-8(12)10(14-9(7)13)15-6-3-1-2-4-6/h5-6H,1-4H2,(H2,13,14). The van der Waals surface area contributed by atoms with Crippen molar-refractivity contribution in [1.82, 2.24) is 4.98 Å². The Morgan fingerprint density at radius 1 is 1.27 bits per heavy atom. The maximum absolute atomic E-state index is 13.2. The van der Waals surface area contributed by atoms with Crippen molar-refractivity contribution in [2.75, 3.05) is 5.73 Å². The van der Waals surface area contributed by atoms with Gasteiger partial charge in [-0.2, -0.15) is 4.98 Å². The smallest absolute Gasteiger partial charge is 0.252 e. The van der Waals surface area contributed by atoms with E-state index in [0.29, 0.717) is 6.07 Å². The molecular weight excluding hydrogens is 202 g/mol. The van der Waals surface area contributed by atoms with E-state index in [0.717, 1.165) is 25.7 Å². The fraction of sp³-hybridized carbons (Fsp3) is 0.500. The maximum atomic E-state index is 13.2. The van der Waals surface area contributed by atoms with Gasteiger partial charge in [0.05, 0.1) is 0 Å². The van der Waals surface area contributed by atoms with E-state index in [2.05, 4.69) is 4.98 Å². The first-order chi connectivity index (χ1) is 7.16. The van der Waals surface area contributed by atoms with Crippen LogP contribution in [0.5, 0.6) is 5.88 Å². The third kappa shape index (κ3) is 2.16. The van der Waals surface area contributed by atoms with Gasteiger partial charge < -0.3 is 10.5 Å². The second kappa shape index (κ2) is 4.00. The number of anilines is 1. The number of nitrogens with two attached hydrogens (primary N) is 1. The summed E-state index contributed by atoms with van der Waals surface area (Å²) < 4.78 is 31.3. The van der Waals surface area contributed by atoms with Gasteiger partial charge in [0, 0.05) is 6.07 Å². The molecule has 0 radical (unpaired) electrons. The Morgan fingerprint density at radius 3 is 2.60 bits per heavy atom. The van der Waals surface area contributed by atoms with E-state index in [4.69, 9.17) is 10.5 Å². The van der Waals surface area contributed by atoms with Crippen LogP contribution in [0.2, 0.25) is 0 Å². The van der Waals surface area contributed by atoms with E-state index < -0.39 is 11.6 Å². The Balaban J connectivity index is 2.16. The first-order valence-corrected chi connectivity index (χ1v) is 4.95. The van der Waals surface area contributed by atoms with Gasteiger partial charge in [-0.1, -0.05) is 0 Å². The predicted molar refractivity (Wildman–Crippen MR) is 51.4 cm³/mol. The molecule has 1 aromatic heterocycles. The lowest BCUT2D eigenvalue weighted by molar-refractivity contribution is 0.191. The lowest BCUT2D eigenvalue weighted by Crippen LogP contribution is -2.14. The van der Waals surface area contributed by atoms with Gasteiger partial charge in [0.2, 0.25) is 0 Å². The summed E-state index contributed by atoms with van der Waals surface area (Å²) >= 11 is 0. The van der Waals surface area contributed by atoms with E-state index in [1.54, 1.807) is 0 Å². The number of hydrogen-bond acceptors (Lipinski definition) is 3. The fourth-order valence-corrected chi connectivity index (χ4v) is 1.71. The molecular formula is C10H12F2N2O. The molecule has 2 rings (SSSR count). The summed E-state index contributed by atoms with van der Waals surface area (Å²) in [5.74, 6) is -2.18. The molecule has 2 N–H and O–H groups in total. The van der Waals surface area contributed by atoms with E-state index in [1.807, 2.05) is 0 Å². The molecule has 82 valence electrons. The van der Waals surface area contributed by atoms with Gasteiger partial charge in [0.1, 0.15) is 6.10 Å². The van der Waals surface area contributed by atoms with Crippen LogP contribution in [-0.4, -0.2) is 11.1 Å². The van der Waals surface area contributed by atoms with Gasteiger partial charge in [0.15, 0.2) is 17.5 Å². The van der Waals surface area contributed by atoms with Crippen LogP contribution >= 0.6 is 0 Å². The number of ether oxygens (including phenoxy) is 1. The summed E-state index contributed by atoms with van der Waals surface area (Å²) in [4.78, 5) is 3.54. The normalized spacial score (nSPS) is 16.9. The van der Waals surface area contributed by atoms with Gasteiger partial charge in [-0.05, 0) is 25.7 Å². The molecule has 1 heterocycles. The van der Waals surface area contributed by atoms with E-state index in [9.17, 15) is 8.78 Å². The zero-order chi connectivity index (χ0) is 10.8. The summed E-state index contributed by atoms with van der Waals surface area (Å²) in [5.41, 5.74) is 5.23. The van der Waals surface area contributed by atoms with Crippen molar-refractivity contribution in [3.8, 4) is 5.88 Å². The quantitative estimate of drug-likeness (QED) is 0.821.